The first kappa shape index (κ1) is 23.8. The van der Waals surface area contributed by atoms with Crippen LogP contribution >= 0.6 is 11.9 Å². The Bertz CT molecular complexity index is 1270. The lowest BCUT2D eigenvalue weighted by Crippen LogP contribution is -2.28. The minimum Gasteiger partial charge on any atom is -0.382 e. The van der Waals surface area contributed by atoms with E-state index in [1.54, 1.807) is 17.7 Å². The Morgan fingerprint density at radius 2 is 2.00 bits per heavy atom. The summed E-state index contributed by atoms with van der Waals surface area (Å²) < 4.78 is 30.2. The number of fused-ring (bicyclic) bond motifs is 1. The van der Waals surface area contributed by atoms with Gasteiger partial charge in [-0.1, -0.05) is 18.2 Å². The largest absolute Gasteiger partial charge is 0.382 e. The summed E-state index contributed by atoms with van der Waals surface area (Å²) in [5.41, 5.74) is 22.7. The van der Waals surface area contributed by atoms with Gasteiger partial charge in [-0.15, -0.1) is 5.10 Å². The predicted molar refractivity (Wildman–Crippen MR) is 128 cm³/mol. The van der Waals surface area contributed by atoms with Crippen LogP contribution in [0.3, 0.4) is 0 Å². The molecule has 1 heterocycles. The van der Waals surface area contributed by atoms with Gasteiger partial charge in [-0.2, -0.15) is 0 Å². The van der Waals surface area contributed by atoms with E-state index < -0.39 is 10.0 Å². The maximum Gasteiger partial charge on any atom is 0.241 e. The smallest absolute Gasteiger partial charge is 0.241 e. The van der Waals surface area contributed by atoms with Crippen molar-refractivity contribution in [3.63, 3.8) is 0 Å². The number of sulfonamides is 1. The van der Waals surface area contributed by atoms with Gasteiger partial charge in [-0.05, 0) is 42.6 Å². The Balaban J connectivity index is 2.32. The molecular weight excluding hydrogens is 452 g/mol. The van der Waals surface area contributed by atoms with Crippen molar-refractivity contribution in [2.75, 3.05) is 18.8 Å². The molecule has 172 valence electrons. The van der Waals surface area contributed by atoms with E-state index >= 15 is 0 Å². The fraction of sp³-hybridized carbons (Fsp3) is 0.222. The van der Waals surface area contributed by atoms with E-state index in [0.717, 1.165) is 17.5 Å². The topological polar surface area (TPSA) is 218 Å². The molecule has 0 aliphatic heterocycles. The van der Waals surface area contributed by atoms with Crippen LogP contribution in [-0.2, 0) is 17.1 Å². The summed E-state index contributed by atoms with van der Waals surface area (Å²) in [6.45, 7) is 0.537. The van der Waals surface area contributed by atoms with Crippen molar-refractivity contribution in [1.29, 1.82) is 0 Å². The van der Waals surface area contributed by atoms with Crippen molar-refractivity contribution in [1.82, 2.24) is 19.8 Å². The van der Waals surface area contributed by atoms with E-state index in [1.165, 1.54) is 6.07 Å². The number of aromatic nitrogens is 2. The Hall–Kier alpha value is -2.88. The van der Waals surface area contributed by atoms with Gasteiger partial charge in [-0.25, -0.2) is 29.5 Å². The molecule has 3 rings (SSSR count). The molecule has 0 spiro atoms. The molecule has 0 atom stereocenters. The highest BCUT2D eigenvalue weighted by molar-refractivity contribution is 7.98. The van der Waals surface area contributed by atoms with Gasteiger partial charge >= 0.3 is 0 Å². The summed E-state index contributed by atoms with van der Waals surface area (Å²) in [6.07, 6.45) is 0.485. The van der Waals surface area contributed by atoms with Crippen molar-refractivity contribution in [3.05, 3.63) is 35.9 Å². The summed E-state index contributed by atoms with van der Waals surface area (Å²) in [5.74, 6) is 5.62. The molecular formula is C18H26N10O2S2. The number of nitrogens with zero attached hydrogens (tertiary/aromatic N) is 3. The van der Waals surface area contributed by atoms with Gasteiger partial charge in [0.25, 0.3) is 0 Å². The second-order valence-electron chi connectivity index (χ2n) is 6.80. The number of para-hydroxylation sites is 1. The maximum atomic E-state index is 13.0. The molecule has 0 unspecified atom stereocenters. The Labute approximate surface area is 189 Å². The van der Waals surface area contributed by atoms with Crippen LogP contribution in [0.2, 0.25) is 0 Å². The molecule has 0 radical (unpaired) electrons. The van der Waals surface area contributed by atoms with Crippen LogP contribution < -0.4 is 38.4 Å². The molecule has 0 saturated heterocycles. The van der Waals surface area contributed by atoms with E-state index in [2.05, 4.69) is 20.3 Å². The second-order valence-corrected chi connectivity index (χ2v) is 9.18. The van der Waals surface area contributed by atoms with Crippen molar-refractivity contribution in [2.24, 2.45) is 34.6 Å². The fourth-order valence-corrected chi connectivity index (χ4v) is 5.48. The first-order valence-corrected chi connectivity index (χ1v) is 11.9. The lowest BCUT2D eigenvalue weighted by Gasteiger charge is -2.18. The van der Waals surface area contributed by atoms with Crippen LogP contribution in [0.1, 0.15) is 12.0 Å². The van der Waals surface area contributed by atoms with Crippen molar-refractivity contribution >= 4 is 44.8 Å². The van der Waals surface area contributed by atoms with Gasteiger partial charge in [0.05, 0.1) is 20.8 Å². The highest BCUT2D eigenvalue weighted by atomic mass is 32.2. The summed E-state index contributed by atoms with van der Waals surface area (Å²) >= 11 is 0.741. The Morgan fingerprint density at radius 3 is 2.66 bits per heavy atom. The number of amidine groups is 1. The number of nitrogen functional groups attached to an aromatic ring is 1. The molecule has 12 nitrogen and oxygen atoms in total. The molecule has 14 heteroatoms. The number of rotatable bonds is 9. The molecule has 0 saturated carbocycles. The lowest BCUT2D eigenvalue weighted by atomic mass is 9.97. The van der Waals surface area contributed by atoms with Crippen LogP contribution in [-0.4, -0.2) is 36.9 Å². The molecule has 0 fully saturated rings. The zero-order valence-electron chi connectivity index (χ0n) is 17.4. The number of imidazole rings is 1. The van der Waals surface area contributed by atoms with Gasteiger partial charge in [0.15, 0.2) is 5.84 Å². The van der Waals surface area contributed by atoms with Crippen LogP contribution in [0.4, 0.5) is 5.95 Å². The first-order valence-electron chi connectivity index (χ1n) is 9.50. The molecule has 0 aliphatic rings. The van der Waals surface area contributed by atoms with Crippen LogP contribution in [0.5, 0.6) is 0 Å². The molecule has 0 bridgehead atoms. The number of anilines is 1. The third-order valence-corrected chi connectivity index (χ3v) is 7.17. The summed E-state index contributed by atoms with van der Waals surface area (Å²) in [7, 11) is -2.10. The number of hydrogen-bond acceptors (Lipinski definition) is 10. The van der Waals surface area contributed by atoms with Crippen molar-refractivity contribution in [3.8, 4) is 11.1 Å². The van der Waals surface area contributed by atoms with Crippen LogP contribution in [0, 0.1) is 0 Å². The number of hydrogen-bond donors (Lipinski definition) is 7. The number of aryl methyl sites for hydroxylation is 1. The Morgan fingerprint density at radius 1 is 1.25 bits per heavy atom. The number of nitrogens with two attached hydrogens (primary N) is 5. The SMILES string of the molecule is Cn1c(N)nc2c(-c3ccc(S(=O)(=O)NCCCN)c(SN)c3/C(N)=N/NN)cccc21. The quantitative estimate of drug-likeness (QED) is 0.0522. The van der Waals surface area contributed by atoms with E-state index in [-0.39, 0.29) is 22.2 Å². The van der Waals surface area contributed by atoms with Gasteiger partial charge in [0, 0.05) is 24.7 Å². The minimum atomic E-state index is -3.90. The normalized spacial score (nSPS) is 12.4. The third-order valence-electron chi connectivity index (χ3n) is 4.88. The molecule has 0 aliphatic carbocycles. The van der Waals surface area contributed by atoms with Crippen molar-refractivity contribution in [2.45, 2.75) is 16.2 Å². The fourth-order valence-electron chi connectivity index (χ4n) is 3.33. The van der Waals surface area contributed by atoms with Crippen molar-refractivity contribution < 1.29 is 8.42 Å². The number of benzene rings is 2. The zero-order chi connectivity index (χ0) is 23.5. The van der Waals surface area contributed by atoms with Gasteiger partial charge in [0.1, 0.15) is 0 Å². The Kier molecular flexibility index (Phi) is 7.22. The number of hydrazone groups is 1. The lowest BCUT2D eigenvalue weighted by molar-refractivity contribution is 0.577. The summed E-state index contributed by atoms with van der Waals surface area (Å²) in [6, 6.07) is 8.64. The highest BCUT2D eigenvalue weighted by Crippen LogP contribution is 2.37. The predicted octanol–water partition coefficient (Wildman–Crippen LogP) is -0.501. The highest BCUT2D eigenvalue weighted by Gasteiger charge is 2.26. The van der Waals surface area contributed by atoms with E-state index in [0.29, 0.717) is 41.1 Å². The van der Waals surface area contributed by atoms with Crippen LogP contribution in [0.25, 0.3) is 22.2 Å². The van der Waals surface area contributed by atoms with E-state index in [9.17, 15) is 8.42 Å². The molecule has 32 heavy (non-hydrogen) atoms. The van der Waals surface area contributed by atoms with Crippen LogP contribution in [0.15, 0.2) is 45.2 Å². The molecule has 0 amide bonds. The standard InChI is InChI=1S/C18H26N10O2S2/c1-28-12-5-2-4-11(15(12)25-18(28)21)10-6-7-13(32(29,30)24-9-3-8-19)16(31-23)14(10)17(20)26-27-22/h2,4-7,24,27H,3,8-9,19,22-23H2,1H3,(H2,20,26)(H2,21,25). The van der Waals surface area contributed by atoms with E-state index in [1.807, 2.05) is 18.2 Å². The minimum absolute atomic E-state index is 0.0383. The zero-order valence-corrected chi connectivity index (χ0v) is 19.0. The maximum absolute atomic E-state index is 13.0. The molecule has 2 aromatic carbocycles. The first-order chi connectivity index (χ1) is 15.3. The summed E-state index contributed by atoms with van der Waals surface area (Å²) in [5, 5.41) is 9.79. The third kappa shape index (κ3) is 4.36. The van der Waals surface area contributed by atoms with Gasteiger partial charge in [-0.3, -0.25) is 5.14 Å². The van der Waals surface area contributed by atoms with Gasteiger partial charge < -0.3 is 21.8 Å². The van der Waals surface area contributed by atoms with E-state index in [4.69, 9.17) is 28.2 Å². The molecule has 3 aromatic rings. The second kappa shape index (κ2) is 9.72. The average molecular weight is 479 g/mol. The number of hydrazine groups is 1. The average Bonchev–Trinajstić information content (AvgIpc) is 3.06. The monoisotopic (exact) mass is 478 g/mol. The number of nitrogens with one attached hydrogen (secondary N) is 2. The molecule has 12 N–H and O–H groups in total. The summed E-state index contributed by atoms with van der Waals surface area (Å²) in [4.78, 5) is 4.62. The van der Waals surface area contributed by atoms with Gasteiger partial charge in [0.2, 0.25) is 16.0 Å². The molecule has 1 aromatic heterocycles.